The molecule has 0 N–H and O–H groups in total. The molecule has 0 fully saturated rings. The maximum atomic E-state index is 14.3. The van der Waals surface area contributed by atoms with Crippen molar-refractivity contribution in [1.29, 1.82) is 0 Å². The Balaban J connectivity index is 2.36. The number of allylic oxidation sites excluding steroid dienone is 2. The number of rotatable bonds is 4. The van der Waals surface area contributed by atoms with Crippen LogP contribution in [0.1, 0.15) is 30.5 Å². The minimum Gasteiger partial charge on any atom is -0.297 e. The van der Waals surface area contributed by atoms with E-state index in [0.29, 0.717) is 35.2 Å². The van der Waals surface area contributed by atoms with Crippen molar-refractivity contribution in [1.82, 2.24) is 0 Å². The lowest BCUT2D eigenvalue weighted by Crippen LogP contribution is -2.48. The second-order valence-electron chi connectivity index (χ2n) is 5.18. The maximum absolute atomic E-state index is 14.3. The average molecular weight is 396 g/mol. The quantitative estimate of drug-likeness (QED) is 0.522. The molecule has 10 heteroatoms. The Morgan fingerprint density at radius 2 is 1.08 bits per heavy atom. The third-order valence-electron chi connectivity index (χ3n) is 3.72. The average Bonchev–Trinajstić information content (AvgIpc) is 3.21. The van der Waals surface area contributed by atoms with Crippen LogP contribution in [0.4, 0.5) is 26.3 Å². The third kappa shape index (κ3) is 2.30. The van der Waals surface area contributed by atoms with Crippen molar-refractivity contribution in [2.45, 2.75) is 17.8 Å². The van der Waals surface area contributed by atoms with E-state index in [0.717, 1.165) is 22.9 Å². The Kier molecular flexibility index (Phi) is 3.95. The van der Waals surface area contributed by atoms with Crippen LogP contribution in [0, 0.1) is 0 Å². The van der Waals surface area contributed by atoms with Gasteiger partial charge in [0.2, 0.25) is 0 Å². The first-order valence-corrected chi connectivity index (χ1v) is 8.30. The fraction of sp³-hybridized carbons (Fsp3) is 0.200. The molecule has 2 aromatic heterocycles. The lowest BCUT2D eigenvalue weighted by Gasteiger charge is -2.25. The van der Waals surface area contributed by atoms with Crippen molar-refractivity contribution < 1.29 is 35.9 Å². The number of thiophene rings is 2. The van der Waals surface area contributed by atoms with Gasteiger partial charge in [0.1, 0.15) is 0 Å². The summed E-state index contributed by atoms with van der Waals surface area (Å²) < 4.78 is 84.8. The van der Waals surface area contributed by atoms with E-state index in [1.807, 2.05) is 0 Å². The summed E-state index contributed by atoms with van der Waals surface area (Å²) in [5, 5.41) is 1.88. The minimum atomic E-state index is -5.66. The molecular formula is C15H6F6O2S2. The first kappa shape index (κ1) is 17.9. The van der Waals surface area contributed by atoms with E-state index in [-0.39, 0.29) is 9.75 Å². The molecule has 2 aromatic rings. The van der Waals surface area contributed by atoms with Crippen LogP contribution >= 0.6 is 22.7 Å². The molecule has 0 atom stereocenters. The van der Waals surface area contributed by atoms with Gasteiger partial charge >= 0.3 is 17.8 Å². The number of carbonyl (C=O) groups excluding carboxylic acids is 2. The molecule has 0 saturated carbocycles. The molecule has 0 aliphatic heterocycles. The molecule has 0 saturated heterocycles. The van der Waals surface area contributed by atoms with E-state index in [2.05, 4.69) is 0 Å². The summed E-state index contributed by atoms with van der Waals surface area (Å²) in [5.74, 6) is -16.0. The molecular weight excluding hydrogens is 390 g/mol. The SMILES string of the molecule is O=Cc1cc(C2=C(c3csc(C=O)c3)C(F)(F)C(F)(F)C2(F)F)cs1. The normalized spacial score (nSPS) is 20.7. The van der Waals surface area contributed by atoms with Gasteiger partial charge in [-0.1, -0.05) is 0 Å². The van der Waals surface area contributed by atoms with Crippen LogP contribution in [0.3, 0.4) is 0 Å². The van der Waals surface area contributed by atoms with Gasteiger partial charge < -0.3 is 0 Å². The highest BCUT2D eigenvalue weighted by molar-refractivity contribution is 7.12. The van der Waals surface area contributed by atoms with E-state index in [1.54, 1.807) is 0 Å². The number of hydrogen-bond acceptors (Lipinski definition) is 4. The van der Waals surface area contributed by atoms with Gasteiger partial charge in [-0.15, -0.1) is 22.7 Å². The molecule has 3 rings (SSSR count). The second kappa shape index (κ2) is 5.53. The molecule has 132 valence electrons. The molecule has 0 radical (unpaired) electrons. The zero-order chi connectivity index (χ0) is 18.6. The van der Waals surface area contributed by atoms with Gasteiger partial charge in [0, 0.05) is 11.1 Å². The maximum Gasteiger partial charge on any atom is 0.380 e. The third-order valence-corrected chi connectivity index (χ3v) is 5.43. The van der Waals surface area contributed by atoms with Crippen molar-refractivity contribution in [3.05, 3.63) is 43.8 Å². The van der Waals surface area contributed by atoms with Gasteiger partial charge in [0.25, 0.3) is 0 Å². The molecule has 2 nitrogen and oxygen atoms in total. The second-order valence-corrected chi connectivity index (χ2v) is 7.07. The van der Waals surface area contributed by atoms with Gasteiger partial charge in [-0.25, -0.2) is 0 Å². The summed E-state index contributed by atoms with van der Waals surface area (Å²) in [6.45, 7) is 0. The van der Waals surface area contributed by atoms with Gasteiger partial charge in [0.15, 0.2) is 12.6 Å². The number of carbonyl (C=O) groups is 2. The van der Waals surface area contributed by atoms with Crippen LogP contribution < -0.4 is 0 Å². The molecule has 0 aromatic carbocycles. The predicted molar refractivity (Wildman–Crippen MR) is 81.1 cm³/mol. The lowest BCUT2D eigenvalue weighted by atomic mass is 9.98. The Hall–Kier alpha value is -1.94. The smallest absolute Gasteiger partial charge is 0.297 e. The van der Waals surface area contributed by atoms with Crippen LogP contribution in [-0.2, 0) is 0 Å². The standard InChI is InChI=1S/C15H6F6O2S2/c16-13(17)11(7-1-9(3-22)24-5-7)12(14(18,19)15(13,20)21)8-2-10(4-23)25-6-8/h1-6H. The van der Waals surface area contributed by atoms with Crippen molar-refractivity contribution in [3.8, 4) is 0 Å². The number of hydrogen-bond donors (Lipinski definition) is 0. The molecule has 0 spiro atoms. The van der Waals surface area contributed by atoms with Crippen molar-refractivity contribution >= 4 is 46.4 Å². The van der Waals surface area contributed by atoms with E-state index in [1.165, 1.54) is 0 Å². The molecule has 2 heterocycles. The van der Waals surface area contributed by atoms with E-state index in [4.69, 9.17) is 0 Å². The molecule has 0 unspecified atom stereocenters. The summed E-state index contributed by atoms with van der Waals surface area (Å²) in [7, 11) is 0. The van der Waals surface area contributed by atoms with Gasteiger partial charge in [-0.05, 0) is 34.0 Å². The van der Waals surface area contributed by atoms with Crippen LogP contribution in [0.2, 0.25) is 0 Å². The summed E-state index contributed by atoms with van der Waals surface area (Å²) in [6, 6.07) is 1.71. The van der Waals surface area contributed by atoms with Crippen LogP contribution in [0.25, 0.3) is 11.1 Å². The number of halogens is 6. The number of aldehydes is 2. The summed E-state index contributed by atoms with van der Waals surface area (Å²) in [6.07, 6.45) is 0.597. The topological polar surface area (TPSA) is 34.1 Å². The Morgan fingerprint density at radius 1 is 0.720 bits per heavy atom. The highest BCUT2D eigenvalue weighted by Crippen LogP contribution is 2.64. The van der Waals surface area contributed by atoms with E-state index < -0.39 is 40.0 Å². The van der Waals surface area contributed by atoms with E-state index in [9.17, 15) is 35.9 Å². The van der Waals surface area contributed by atoms with Crippen molar-refractivity contribution in [2.75, 3.05) is 0 Å². The zero-order valence-electron chi connectivity index (χ0n) is 11.9. The number of alkyl halides is 6. The highest BCUT2D eigenvalue weighted by atomic mass is 32.1. The monoisotopic (exact) mass is 396 g/mol. The van der Waals surface area contributed by atoms with Gasteiger partial charge in [-0.2, -0.15) is 26.3 Å². The van der Waals surface area contributed by atoms with Crippen molar-refractivity contribution in [3.63, 3.8) is 0 Å². The fourth-order valence-corrected chi connectivity index (χ4v) is 3.97. The molecule has 0 bridgehead atoms. The Morgan fingerprint density at radius 3 is 1.36 bits per heavy atom. The van der Waals surface area contributed by atoms with Crippen molar-refractivity contribution in [2.24, 2.45) is 0 Å². The first-order chi connectivity index (χ1) is 11.6. The Bertz CT molecular complexity index is 823. The minimum absolute atomic E-state index is 0.0740. The van der Waals surface area contributed by atoms with E-state index >= 15 is 0 Å². The van der Waals surface area contributed by atoms with Gasteiger partial charge in [-0.3, -0.25) is 9.59 Å². The molecule has 0 amide bonds. The molecule has 25 heavy (non-hydrogen) atoms. The molecule has 1 aliphatic carbocycles. The van der Waals surface area contributed by atoms with Crippen LogP contribution in [-0.4, -0.2) is 30.3 Å². The lowest BCUT2D eigenvalue weighted by molar-refractivity contribution is -0.254. The van der Waals surface area contributed by atoms with Gasteiger partial charge in [0.05, 0.1) is 9.75 Å². The Labute approximate surface area is 144 Å². The fourth-order valence-electron chi connectivity index (χ4n) is 2.57. The summed E-state index contributed by atoms with van der Waals surface area (Å²) in [5.41, 5.74) is -4.24. The first-order valence-electron chi connectivity index (χ1n) is 6.54. The summed E-state index contributed by atoms with van der Waals surface area (Å²) >= 11 is 1.33. The zero-order valence-corrected chi connectivity index (χ0v) is 13.5. The van der Waals surface area contributed by atoms with Crippen LogP contribution in [0.15, 0.2) is 22.9 Å². The molecule has 1 aliphatic rings. The summed E-state index contributed by atoms with van der Waals surface area (Å²) in [4.78, 5) is 21.3. The predicted octanol–water partition coefficient (Wildman–Crippen LogP) is 5.26. The highest BCUT2D eigenvalue weighted by Gasteiger charge is 2.80. The largest absolute Gasteiger partial charge is 0.380 e. The van der Waals surface area contributed by atoms with Crippen LogP contribution in [0.5, 0.6) is 0 Å².